The number of rotatable bonds is 2. The standard InChI is InChI=1S/C15H16NOP/c1-2-16-15-11-7-6-8-13(15)12-18(16,17)14-9-4-3-5-10-14/h3-11H,2,12H2,1H3. The topological polar surface area (TPSA) is 20.3 Å². The molecule has 2 aromatic carbocycles. The Kier molecular flexibility index (Phi) is 2.76. The van der Waals surface area contributed by atoms with Crippen LogP contribution in [0.15, 0.2) is 54.6 Å². The highest BCUT2D eigenvalue weighted by Gasteiger charge is 2.39. The summed E-state index contributed by atoms with van der Waals surface area (Å²) in [5.41, 5.74) is 2.33. The Bertz CT molecular complexity index is 609. The first kappa shape index (κ1) is 11.6. The van der Waals surface area contributed by atoms with E-state index in [2.05, 4.69) is 23.7 Å². The number of para-hydroxylation sites is 1. The van der Waals surface area contributed by atoms with Crippen molar-refractivity contribution in [2.75, 3.05) is 11.2 Å². The Balaban J connectivity index is 2.14. The number of benzene rings is 2. The van der Waals surface area contributed by atoms with E-state index in [0.29, 0.717) is 6.16 Å². The molecule has 0 aromatic heterocycles. The van der Waals surface area contributed by atoms with E-state index in [4.69, 9.17) is 0 Å². The van der Waals surface area contributed by atoms with Crippen molar-refractivity contribution in [2.45, 2.75) is 13.1 Å². The molecule has 0 radical (unpaired) electrons. The predicted octanol–water partition coefficient (Wildman–Crippen LogP) is 3.63. The summed E-state index contributed by atoms with van der Waals surface area (Å²) in [5.74, 6) is 0. The lowest BCUT2D eigenvalue weighted by Crippen LogP contribution is -2.22. The molecule has 1 atom stereocenters. The fraction of sp³-hybridized carbons (Fsp3) is 0.200. The zero-order valence-electron chi connectivity index (χ0n) is 10.4. The molecule has 1 aliphatic heterocycles. The van der Waals surface area contributed by atoms with Gasteiger partial charge in [0.1, 0.15) is 0 Å². The van der Waals surface area contributed by atoms with Crippen molar-refractivity contribution >= 4 is 18.3 Å². The number of nitrogens with zero attached hydrogens (tertiary/aromatic N) is 1. The highest BCUT2D eigenvalue weighted by molar-refractivity contribution is 7.72. The molecule has 0 aliphatic carbocycles. The van der Waals surface area contributed by atoms with Gasteiger partial charge in [0, 0.05) is 17.5 Å². The van der Waals surface area contributed by atoms with E-state index >= 15 is 0 Å². The first-order chi connectivity index (χ1) is 8.75. The van der Waals surface area contributed by atoms with Gasteiger partial charge in [-0.3, -0.25) is 4.57 Å². The van der Waals surface area contributed by atoms with Gasteiger partial charge >= 0.3 is 0 Å². The van der Waals surface area contributed by atoms with Crippen LogP contribution in [0.1, 0.15) is 12.5 Å². The van der Waals surface area contributed by atoms with Gasteiger partial charge in [-0.15, -0.1) is 0 Å². The Morgan fingerprint density at radius 3 is 2.44 bits per heavy atom. The van der Waals surface area contributed by atoms with E-state index < -0.39 is 7.29 Å². The zero-order valence-corrected chi connectivity index (χ0v) is 11.3. The molecule has 92 valence electrons. The average molecular weight is 257 g/mol. The monoisotopic (exact) mass is 257 g/mol. The van der Waals surface area contributed by atoms with Crippen LogP contribution in [0.25, 0.3) is 0 Å². The highest BCUT2D eigenvalue weighted by atomic mass is 31.2. The lowest BCUT2D eigenvalue weighted by Gasteiger charge is -2.26. The number of hydrogen-bond donors (Lipinski definition) is 0. The fourth-order valence-corrected chi connectivity index (χ4v) is 5.68. The van der Waals surface area contributed by atoms with Crippen molar-refractivity contribution in [2.24, 2.45) is 0 Å². The van der Waals surface area contributed by atoms with Crippen molar-refractivity contribution in [3.05, 3.63) is 60.2 Å². The van der Waals surface area contributed by atoms with Gasteiger partial charge in [0.05, 0.1) is 6.16 Å². The molecule has 0 saturated heterocycles. The number of anilines is 1. The molecular weight excluding hydrogens is 241 g/mol. The van der Waals surface area contributed by atoms with Gasteiger partial charge in [0.15, 0.2) is 0 Å². The smallest absolute Gasteiger partial charge is 0.205 e. The summed E-state index contributed by atoms with van der Waals surface area (Å²) in [7, 11) is -2.48. The van der Waals surface area contributed by atoms with Crippen LogP contribution in [-0.2, 0) is 10.7 Å². The van der Waals surface area contributed by atoms with E-state index in [1.807, 2.05) is 42.5 Å². The Morgan fingerprint density at radius 1 is 1.06 bits per heavy atom. The second-order valence-electron chi connectivity index (χ2n) is 4.54. The highest BCUT2D eigenvalue weighted by Crippen LogP contribution is 2.60. The molecular formula is C15H16NOP. The van der Waals surface area contributed by atoms with E-state index in [1.54, 1.807) is 0 Å². The first-order valence-electron chi connectivity index (χ1n) is 6.26. The van der Waals surface area contributed by atoms with Crippen molar-refractivity contribution in [1.29, 1.82) is 0 Å². The molecule has 18 heavy (non-hydrogen) atoms. The van der Waals surface area contributed by atoms with E-state index in [1.165, 1.54) is 5.56 Å². The van der Waals surface area contributed by atoms with E-state index in [-0.39, 0.29) is 0 Å². The van der Waals surface area contributed by atoms with Crippen LogP contribution >= 0.6 is 7.29 Å². The molecule has 0 saturated carbocycles. The molecule has 0 bridgehead atoms. The lowest BCUT2D eigenvalue weighted by molar-refractivity contribution is 0.580. The fourth-order valence-electron chi connectivity index (χ4n) is 2.68. The maximum absolute atomic E-state index is 13.4. The molecule has 1 aliphatic rings. The average Bonchev–Trinajstić information content (AvgIpc) is 2.72. The van der Waals surface area contributed by atoms with Gasteiger partial charge < -0.3 is 4.67 Å². The van der Waals surface area contributed by atoms with Gasteiger partial charge in [-0.25, -0.2) is 0 Å². The van der Waals surface area contributed by atoms with Crippen molar-refractivity contribution in [1.82, 2.24) is 0 Å². The Hall–Kier alpha value is -1.53. The van der Waals surface area contributed by atoms with Gasteiger partial charge in [-0.1, -0.05) is 36.4 Å². The van der Waals surface area contributed by atoms with Crippen molar-refractivity contribution in [3.63, 3.8) is 0 Å². The lowest BCUT2D eigenvalue weighted by atomic mass is 10.2. The third-order valence-corrected chi connectivity index (χ3v) is 6.66. The summed E-state index contributed by atoms with van der Waals surface area (Å²) >= 11 is 0. The largest absolute Gasteiger partial charge is 0.319 e. The normalized spacial score (nSPS) is 21.9. The van der Waals surface area contributed by atoms with Crippen LogP contribution in [0.5, 0.6) is 0 Å². The minimum atomic E-state index is -2.48. The van der Waals surface area contributed by atoms with Crippen LogP contribution in [-0.4, -0.2) is 6.54 Å². The summed E-state index contributed by atoms with van der Waals surface area (Å²) < 4.78 is 15.4. The van der Waals surface area contributed by atoms with Crippen LogP contribution in [0, 0.1) is 0 Å². The minimum Gasteiger partial charge on any atom is -0.319 e. The van der Waals surface area contributed by atoms with E-state index in [0.717, 1.165) is 17.5 Å². The number of hydrogen-bond acceptors (Lipinski definition) is 1. The summed E-state index contributed by atoms with van der Waals surface area (Å²) in [5, 5.41) is 0.961. The third-order valence-electron chi connectivity index (χ3n) is 3.50. The molecule has 0 N–H and O–H groups in total. The SMILES string of the molecule is CCN1c2ccccc2CP1(=O)c1ccccc1. The van der Waals surface area contributed by atoms with Crippen molar-refractivity contribution < 1.29 is 4.57 Å². The third kappa shape index (κ3) is 1.60. The quantitative estimate of drug-likeness (QED) is 0.766. The van der Waals surface area contributed by atoms with Gasteiger partial charge in [-0.2, -0.15) is 0 Å². The van der Waals surface area contributed by atoms with Crippen LogP contribution in [0.4, 0.5) is 5.69 Å². The van der Waals surface area contributed by atoms with Crippen molar-refractivity contribution in [3.8, 4) is 0 Å². The Labute approximate surface area is 108 Å². The second-order valence-corrected chi connectivity index (χ2v) is 7.26. The van der Waals surface area contributed by atoms with Crippen LogP contribution in [0.3, 0.4) is 0 Å². The maximum atomic E-state index is 13.4. The molecule has 2 nitrogen and oxygen atoms in total. The molecule has 0 fully saturated rings. The summed E-state index contributed by atoms with van der Waals surface area (Å²) in [6.45, 7) is 2.85. The molecule has 3 rings (SSSR count). The Morgan fingerprint density at radius 2 is 1.72 bits per heavy atom. The van der Waals surface area contributed by atoms with Crippen LogP contribution in [0.2, 0.25) is 0 Å². The summed E-state index contributed by atoms with van der Waals surface area (Å²) in [6, 6.07) is 18.1. The predicted molar refractivity (Wildman–Crippen MR) is 76.8 cm³/mol. The van der Waals surface area contributed by atoms with Crippen LogP contribution < -0.4 is 9.97 Å². The maximum Gasteiger partial charge on any atom is 0.205 e. The number of fused-ring (bicyclic) bond motifs is 1. The molecule has 0 amide bonds. The molecule has 0 spiro atoms. The van der Waals surface area contributed by atoms with Gasteiger partial charge in [-0.05, 0) is 30.7 Å². The first-order valence-corrected chi connectivity index (χ1v) is 8.11. The molecule has 1 unspecified atom stereocenters. The zero-order chi connectivity index (χ0) is 12.6. The second kappa shape index (κ2) is 4.29. The molecule has 2 aromatic rings. The van der Waals surface area contributed by atoms with Gasteiger partial charge in [0.2, 0.25) is 7.29 Å². The molecule has 3 heteroatoms. The van der Waals surface area contributed by atoms with Gasteiger partial charge in [0.25, 0.3) is 0 Å². The summed E-state index contributed by atoms with van der Waals surface area (Å²) in [4.78, 5) is 0. The minimum absolute atomic E-state index is 0.654. The molecule has 1 heterocycles. The summed E-state index contributed by atoms with van der Waals surface area (Å²) in [6.07, 6.45) is 0.654. The van der Waals surface area contributed by atoms with E-state index in [9.17, 15) is 4.57 Å².